The summed E-state index contributed by atoms with van der Waals surface area (Å²) < 4.78 is 12.9. The van der Waals surface area contributed by atoms with E-state index in [1.54, 1.807) is 18.9 Å². The molecule has 0 N–H and O–H groups in total. The number of methoxy groups -OCH3 is 1. The van der Waals surface area contributed by atoms with E-state index >= 15 is 0 Å². The van der Waals surface area contributed by atoms with Gasteiger partial charge in [0.05, 0.1) is 19.3 Å². The van der Waals surface area contributed by atoms with Crippen LogP contribution in [0.2, 0.25) is 0 Å². The minimum absolute atomic E-state index is 0.724. The van der Waals surface area contributed by atoms with E-state index in [0.717, 1.165) is 47.8 Å². The summed E-state index contributed by atoms with van der Waals surface area (Å²) in [7, 11) is 1.67. The second-order valence-corrected chi connectivity index (χ2v) is 5.36. The first kappa shape index (κ1) is 15.9. The standard InChI is InChI=1S/C15H21N3O2S/c1-4-18-14(12-8-6-7-9-13(12)19-3)16-17-15(18)21-11-10-20-5-2/h6-9H,4-5,10-11H2,1-3H3. The van der Waals surface area contributed by atoms with Crippen molar-refractivity contribution in [2.75, 3.05) is 26.1 Å². The fourth-order valence-corrected chi connectivity index (χ4v) is 2.90. The molecular weight excluding hydrogens is 286 g/mol. The molecule has 0 aliphatic rings. The molecule has 0 aliphatic heterocycles. The average molecular weight is 307 g/mol. The molecule has 0 unspecified atom stereocenters. The Balaban J connectivity index is 2.23. The van der Waals surface area contributed by atoms with Crippen LogP contribution < -0.4 is 4.74 Å². The number of ether oxygens (including phenoxy) is 2. The lowest BCUT2D eigenvalue weighted by atomic mass is 10.2. The summed E-state index contributed by atoms with van der Waals surface area (Å²) in [6, 6.07) is 7.87. The zero-order valence-electron chi connectivity index (χ0n) is 12.7. The van der Waals surface area contributed by atoms with E-state index in [-0.39, 0.29) is 0 Å². The first-order chi connectivity index (χ1) is 10.3. The normalized spacial score (nSPS) is 10.8. The Hall–Kier alpha value is -1.53. The van der Waals surface area contributed by atoms with Crippen molar-refractivity contribution in [2.24, 2.45) is 0 Å². The third-order valence-corrected chi connectivity index (χ3v) is 3.97. The Morgan fingerprint density at radius 3 is 2.71 bits per heavy atom. The van der Waals surface area contributed by atoms with Gasteiger partial charge in [-0.15, -0.1) is 10.2 Å². The van der Waals surface area contributed by atoms with Crippen molar-refractivity contribution >= 4 is 11.8 Å². The zero-order valence-corrected chi connectivity index (χ0v) is 13.5. The van der Waals surface area contributed by atoms with Crippen LogP contribution in [0.5, 0.6) is 5.75 Å². The van der Waals surface area contributed by atoms with E-state index in [2.05, 4.69) is 21.7 Å². The number of hydrogen-bond donors (Lipinski definition) is 0. The topological polar surface area (TPSA) is 49.2 Å². The van der Waals surface area contributed by atoms with E-state index in [1.807, 2.05) is 31.2 Å². The van der Waals surface area contributed by atoms with Gasteiger partial charge in [0.25, 0.3) is 0 Å². The Labute approximate surface area is 129 Å². The minimum atomic E-state index is 0.724. The van der Waals surface area contributed by atoms with E-state index in [0.29, 0.717) is 0 Å². The van der Waals surface area contributed by atoms with E-state index in [1.165, 1.54) is 0 Å². The van der Waals surface area contributed by atoms with Crippen molar-refractivity contribution in [1.29, 1.82) is 0 Å². The highest BCUT2D eigenvalue weighted by molar-refractivity contribution is 7.99. The van der Waals surface area contributed by atoms with Gasteiger partial charge < -0.3 is 14.0 Å². The second kappa shape index (κ2) is 8.05. The molecule has 0 radical (unpaired) electrons. The Morgan fingerprint density at radius 2 is 2.00 bits per heavy atom. The van der Waals surface area contributed by atoms with Crippen LogP contribution in [0.1, 0.15) is 13.8 Å². The van der Waals surface area contributed by atoms with Crippen LogP contribution in [0.3, 0.4) is 0 Å². The van der Waals surface area contributed by atoms with Crippen LogP contribution >= 0.6 is 11.8 Å². The number of para-hydroxylation sites is 1. The molecule has 2 rings (SSSR count). The predicted molar refractivity (Wildman–Crippen MR) is 84.9 cm³/mol. The summed E-state index contributed by atoms with van der Waals surface area (Å²) in [4.78, 5) is 0. The average Bonchev–Trinajstić information content (AvgIpc) is 2.94. The van der Waals surface area contributed by atoms with Crippen LogP contribution in [-0.2, 0) is 11.3 Å². The van der Waals surface area contributed by atoms with Crippen LogP contribution in [0.15, 0.2) is 29.4 Å². The fraction of sp³-hybridized carbons (Fsp3) is 0.467. The van der Waals surface area contributed by atoms with Gasteiger partial charge in [0.15, 0.2) is 11.0 Å². The summed E-state index contributed by atoms with van der Waals surface area (Å²) in [5, 5.41) is 9.55. The Morgan fingerprint density at radius 1 is 1.19 bits per heavy atom. The van der Waals surface area contributed by atoms with Crippen LogP contribution in [0.25, 0.3) is 11.4 Å². The van der Waals surface area contributed by atoms with Crippen molar-refractivity contribution in [3.8, 4) is 17.1 Å². The molecule has 1 aromatic heterocycles. The maximum absolute atomic E-state index is 5.41. The third-order valence-electron chi connectivity index (χ3n) is 3.04. The van der Waals surface area contributed by atoms with Gasteiger partial charge in [0, 0.05) is 18.9 Å². The Kier molecular flexibility index (Phi) is 6.07. The highest BCUT2D eigenvalue weighted by Gasteiger charge is 2.16. The summed E-state index contributed by atoms with van der Waals surface area (Å²) >= 11 is 1.66. The molecule has 1 aromatic carbocycles. The highest BCUT2D eigenvalue weighted by Crippen LogP contribution is 2.30. The molecule has 5 nitrogen and oxygen atoms in total. The van der Waals surface area contributed by atoms with Gasteiger partial charge >= 0.3 is 0 Å². The number of thioether (sulfide) groups is 1. The summed E-state index contributed by atoms with van der Waals surface area (Å²) in [5.41, 5.74) is 0.964. The largest absolute Gasteiger partial charge is 0.496 e. The van der Waals surface area contributed by atoms with Gasteiger partial charge in [0.1, 0.15) is 5.75 Å². The lowest BCUT2D eigenvalue weighted by Gasteiger charge is -2.10. The Bertz CT molecular complexity index is 572. The first-order valence-electron chi connectivity index (χ1n) is 7.08. The third kappa shape index (κ3) is 3.77. The lowest BCUT2D eigenvalue weighted by Crippen LogP contribution is -2.02. The van der Waals surface area contributed by atoms with Gasteiger partial charge in [-0.05, 0) is 26.0 Å². The van der Waals surface area contributed by atoms with Gasteiger partial charge in [-0.1, -0.05) is 23.9 Å². The number of aromatic nitrogens is 3. The van der Waals surface area contributed by atoms with Gasteiger partial charge in [-0.25, -0.2) is 0 Å². The van der Waals surface area contributed by atoms with Crippen LogP contribution in [0.4, 0.5) is 0 Å². The number of rotatable bonds is 8. The van der Waals surface area contributed by atoms with E-state index < -0.39 is 0 Å². The van der Waals surface area contributed by atoms with Crippen molar-refractivity contribution in [3.05, 3.63) is 24.3 Å². The summed E-state index contributed by atoms with van der Waals surface area (Å²) in [6.07, 6.45) is 0. The van der Waals surface area contributed by atoms with Crippen LogP contribution in [0, 0.1) is 0 Å². The van der Waals surface area contributed by atoms with Crippen molar-refractivity contribution in [1.82, 2.24) is 14.8 Å². The first-order valence-corrected chi connectivity index (χ1v) is 8.07. The van der Waals surface area contributed by atoms with Crippen molar-refractivity contribution in [3.63, 3.8) is 0 Å². The van der Waals surface area contributed by atoms with E-state index in [4.69, 9.17) is 9.47 Å². The molecular formula is C15H21N3O2S. The number of hydrogen-bond acceptors (Lipinski definition) is 5. The monoisotopic (exact) mass is 307 g/mol. The molecule has 0 saturated heterocycles. The molecule has 6 heteroatoms. The van der Waals surface area contributed by atoms with Gasteiger partial charge in [0.2, 0.25) is 0 Å². The molecule has 0 atom stereocenters. The molecule has 1 heterocycles. The lowest BCUT2D eigenvalue weighted by molar-refractivity contribution is 0.164. The van der Waals surface area contributed by atoms with Gasteiger partial charge in [-0.2, -0.15) is 0 Å². The fourth-order valence-electron chi connectivity index (χ4n) is 2.05. The number of nitrogens with zero attached hydrogens (tertiary/aromatic N) is 3. The molecule has 0 amide bonds. The predicted octanol–water partition coefficient (Wildman–Crippen LogP) is 3.10. The molecule has 21 heavy (non-hydrogen) atoms. The molecule has 2 aromatic rings. The van der Waals surface area contributed by atoms with Crippen molar-refractivity contribution < 1.29 is 9.47 Å². The summed E-state index contributed by atoms with van der Waals surface area (Å²) in [6.45, 7) is 6.38. The quantitative estimate of drug-likeness (QED) is 0.554. The highest BCUT2D eigenvalue weighted by atomic mass is 32.2. The number of benzene rings is 1. The molecule has 0 bridgehead atoms. The van der Waals surface area contributed by atoms with Crippen molar-refractivity contribution in [2.45, 2.75) is 25.5 Å². The molecule has 0 saturated carbocycles. The molecule has 0 aliphatic carbocycles. The second-order valence-electron chi connectivity index (χ2n) is 4.30. The summed E-state index contributed by atoms with van der Waals surface area (Å²) in [5.74, 6) is 2.53. The SMILES string of the molecule is CCOCCSc1nnc(-c2ccccc2OC)n1CC. The maximum Gasteiger partial charge on any atom is 0.191 e. The smallest absolute Gasteiger partial charge is 0.191 e. The minimum Gasteiger partial charge on any atom is -0.496 e. The van der Waals surface area contributed by atoms with E-state index in [9.17, 15) is 0 Å². The molecule has 0 spiro atoms. The van der Waals surface area contributed by atoms with Crippen LogP contribution in [-0.4, -0.2) is 40.8 Å². The molecule has 114 valence electrons. The zero-order chi connectivity index (χ0) is 15.1. The van der Waals surface area contributed by atoms with Gasteiger partial charge in [-0.3, -0.25) is 0 Å². The molecule has 0 fully saturated rings. The maximum atomic E-state index is 5.41.